The third kappa shape index (κ3) is 4.67. The molecule has 18 heavy (non-hydrogen) atoms. The molecule has 0 bridgehead atoms. The normalized spacial score (nSPS) is 13.3. The van der Waals surface area contributed by atoms with Crippen LogP contribution in [0.15, 0.2) is 22.7 Å². The second-order valence-electron chi connectivity index (χ2n) is 4.91. The van der Waals surface area contributed by atoms with Crippen LogP contribution >= 0.6 is 15.9 Å². The molecule has 4 heteroatoms. The fraction of sp³-hybridized carbons (Fsp3) is 0.571. The molecule has 102 valence electrons. The van der Waals surface area contributed by atoms with Gasteiger partial charge in [-0.15, -0.1) is 0 Å². The molecule has 1 atom stereocenters. The minimum Gasteiger partial charge on any atom is -0.308 e. The SMILES string of the molecule is CCN(Cc1ccc(Br)cc1F)C(C)CN(C)C. The van der Waals surface area contributed by atoms with Gasteiger partial charge in [0.25, 0.3) is 0 Å². The van der Waals surface area contributed by atoms with Gasteiger partial charge in [0.1, 0.15) is 5.82 Å². The van der Waals surface area contributed by atoms with Gasteiger partial charge in [-0.05, 0) is 39.7 Å². The maximum atomic E-state index is 13.8. The van der Waals surface area contributed by atoms with Crippen LogP contribution in [0.3, 0.4) is 0 Å². The molecule has 0 saturated heterocycles. The number of halogens is 2. The maximum absolute atomic E-state index is 13.8. The number of hydrogen-bond acceptors (Lipinski definition) is 2. The van der Waals surface area contributed by atoms with Gasteiger partial charge in [-0.2, -0.15) is 0 Å². The van der Waals surface area contributed by atoms with Gasteiger partial charge in [0, 0.05) is 29.2 Å². The van der Waals surface area contributed by atoms with Crippen LogP contribution in [0.5, 0.6) is 0 Å². The third-order valence-electron chi connectivity index (χ3n) is 3.05. The van der Waals surface area contributed by atoms with E-state index in [4.69, 9.17) is 0 Å². The maximum Gasteiger partial charge on any atom is 0.128 e. The molecule has 0 aromatic heterocycles. The Labute approximate surface area is 118 Å². The van der Waals surface area contributed by atoms with Crippen LogP contribution in [0.4, 0.5) is 4.39 Å². The standard InChI is InChI=1S/C14H22BrFN2/c1-5-18(11(2)9-17(3)4)10-12-6-7-13(15)8-14(12)16/h6-8,11H,5,9-10H2,1-4H3. The second kappa shape index (κ2) is 7.22. The van der Waals surface area contributed by atoms with Gasteiger partial charge in [-0.1, -0.05) is 28.9 Å². The van der Waals surface area contributed by atoms with Crippen molar-refractivity contribution in [3.05, 3.63) is 34.1 Å². The average Bonchev–Trinajstić information content (AvgIpc) is 2.27. The summed E-state index contributed by atoms with van der Waals surface area (Å²) in [5.74, 6) is -0.139. The third-order valence-corrected chi connectivity index (χ3v) is 3.54. The number of hydrogen-bond donors (Lipinski definition) is 0. The van der Waals surface area contributed by atoms with E-state index in [1.165, 1.54) is 6.07 Å². The van der Waals surface area contributed by atoms with Crippen molar-refractivity contribution in [1.82, 2.24) is 9.80 Å². The topological polar surface area (TPSA) is 6.48 Å². The van der Waals surface area contributed by atoms with Crippen LogP contribution in [0.2, 0.25) is 0 Å². The van der Waals surface area contributed by atoms with Gasteiger partial charge < -0.3 is 4.90 Å². The molecule has 1 unspecified atom stereocenters. The molecule has 0 saturated carbocycles. The molecule has 0 aliphatic heterocycles. The summed E-state index contributed by atoms with van der Waals surface area (Å²) in [5.41, 5.74) is 0.755. The van der Waals surface area contributed by atoms with Gasteiger partial charge >= 0.3 is 0 Å². The van der Waals surface area contributed by atoms with Crippen molar-refractivity contribution in [3.8, 4) is 0 Å². The van der Waals surface area contributed by atoms with E-state index in [-0.39, 0.29) is 5.82 Å². The first kappa shape index (κ1) is 15.6. The Kier molecular flexibility index (Phi) is 6.26. The zero-order valence-corrected chi connectivity index (χ0v) is 13.2. The van der Waals surface area contributed by atoms with Crippen molar-refractivity contribution in [2.75, 3.05) is 27.2 Å². The summed E-state index contributed by atoms with van der Waals surface area (Å²) < 4.78 is 14.6. The van der Waals surface area contributed by atoms with Crippen molar-refractivity contribution < 1.29 is 4.39 Å². The summed E-state index contributed by atoms with van der Waals surface area (Å²) in [4.78, 5) is 4.44. The van der Waals surface area contributed by atoms with Gasteiger partial charge in [0.15, 0.2) is 0 Å². The van der Waals surface area contributed by atoms with Crippen molar-refractivity contribution in [1.29, 1.82) is 0 Å². The molecule has 0 radical (unpaired) electrons. The number of rotatable bonds is 6. The second-order valence-corrected chi connectivity index (χ2v) is 5.83. The summed E-state index contributed by atoms with van der Waals surface area (Å²) >= 11 is 3.28. The first-order chi connectivity index (χ1) is 8.43. The van der Waals surface area contributed by atoms with Crippen LogP contribution in [-0.2, 0) is 6.54 Å². The zero-order valence-electron chi connectivity index (χ0n) is 11.6. The smallest absolute Gasteiger partial charge is 0.128 e. The Morgan fingerprint density at radius 1 is 1.33 bits per heavy atom. The highest BCUT2D eigenvalue weighted by Gasteiger charge is 2.15. The summed E-state index contributed by atoms with van der Waals surface area (Å²) in [7, 11) is 4.12. The Morgan fingerprint density at radius 2 is 2.00 bits per heavy atom. The van der Waals surface area contributed by atoms with Crippen LogP contribution in [0.1, 0.15) is 19.4 Å². The zero-order chi connectivity index (χ0) is 13.7. The van der Waals surface area contributed by atoms with E-state index in [0.717, 1.165) is 23.1 Å². The molecule has 0 fully saturated rings. The first-order valence-corrected chi connectivity index (χ1v) is 7.06. The first-order valence-electron chi connectivity index (χ1n) is 6.26. The van der Waals surface area contributed by atoms with E-state index in [0.29, 0.717) is 12.6 Å². The molecule has 0 amide bonds. The Hall–Kier alpha value is -0.450. The fourth-order valence-corrected chi connectivity index (χ4v) is 2.43. The van der Waals surface area contributed by atoms with Gasteiger partial charge in [-0.25, -0.2) is 4.39 Å². The lowest BCUT2D eigenvalue weighted by Gasteiger charge is -2.30. The van der Waals surface area contributed by atoms with Crippen LogP contribution in [0.25, 0.3) is 0 Å². The highest BCUT2D eigenvalue weighted by Crippen LogP contribution is 2.17. The van der Waals surface area contributed by atoms with Gasteiger partial charge in [-0.3, -0.25) is 4.90 Å². The molecule has 1 rings (SSSR count). The molecule has 1 aromatic carbocycles. The summed E-state index contributed by atoms with van der Waals surface area (Å²) in [5, 5.41) is 0. The lowest BCUT2D eigenvalue weighted by Crippen LogP contribution is -2.39. The molecular formula is C14H22BrFN2. The predicted molar refractivity (Wildman–Crippen MR) is 78.2 cm³/mol. The van der Waals surface area contributed by atoms with E-state index < -0.39 is 0 Å². The van der Waals surface area contributed by atoms with E-state index in [1.807, 2.05) is 12.1 Å². The minimum absolute atomic E-state index is 0.139. The van der Waals surface area contributed by atoms with Crippen molar-refractivity contribution in [2.24, 2.45) is 0 Å². The molecule has 1 aromatic rings. The molecule has 0 aliphatic carbocycles. The van der Waals surface area contributed by atoms with E-state index >= 15 is 0 Å². The van der Waals surface area contributed by atoms with Gasteiger partial charge in [0.2, 0.25) is 0 Å². The molecule has 0 spiro atoms. The highest BCUT2D eigenvalue weighted by atomic mass is 79.9. The predicted octanol–water partition coefficient (Wildman–Crippen LogP) is 3.36. The molecule has 2 nitrogen and oxygen atoms in total. The minimum atomic E-state index is -0.139. The molecule has 0 N–H and O–H groups in total. The van der Waals surface area contributed by atoms with Crippen molar-refractivity contribution in [3.63, 3.8) is 0 Å². The number of benzene rings is 1. The number of likely N-dealkylation sites (N-methyl/N-ethyl adjacent to an activating group) is 2. The Morgan fingerprint density at radius 3 is 2.50 bits per heavy atom. The monoisotopic (exact) mass is 316 g/mol. The summed E-state index contributed by atoms with van der Waals surface area (Å²) in [6.07, 6.45) is 0. The highest BCUT2D eigenvalue weighted by molar-refractivity contribution is 9.10. The van der Waals surface area contributed by atoms with Crippen LogP contribution < -0.4 is 0 Å². The fourth-order valence-electron chi connectivity index (χ4n) is 2.09. The molecule has 0 aliphatic rings. The number of nitrogens with zero attached hydrogens (tertiary/aromatic N) is 2. The summed E-state index contributed by atoms with van der Waals surface area (Å²) in [6, 6.07) is 5.68. The Balaban J connectivity index is 2.73. The Bertz CT molecular complexity index is 382. The van der Waals surface area contributed by atoms with Gasteiger partial charge in [0.05, 0.1) is 0 Å². The summed E-state index contributed by atoms with van der Waals surface area (Å²) in [6.45, 7) is 6.85. The largest absolute Gasteiger partial charge is 0.308 e. The molecule has 0 heterocycles. The van der Waals surface area contributed by atoms with Crippen molar-refractivity contribution in [2.45, 2.75) is 26.4 Å². The average molecular weight is 317 g/mol. The van der Waals surface area contributed by atoms with Crippen molar-refractivity contribution >= 4 is 15.9 Å². The van der Waals surface area contributed by atoms with Crippen LogP contribution in [0, 0.1) is 5.82 Å². The van der Waals surface area contributed by atoms with E-state index in [9.17, 15) is 4.39 Å². The quantitative estimate of drug-likeness (QED) is 0.794. The molecular weight excluding hydrogens is 295 g/mol. The van der Waals surface area contributed by atoms with Crippen LogP contribution in [-0.4, -0.2) is 43.0 Å². The van der Waals surface area contributed by atoms with E-state index in [2.05, 4.69) is 53.7 Å². The lowest BCUT2D eigenvalue weighted by atomic mass is 10.1. The lowest BCUT2D eigenvalue weighted by molar-refractivity contribution is 0.172. The van der Waals surface area contributed by atoms with E-state index in [1.54, 1.807) is 0 Å².